The summed E-state index contributed by atoms with van der Waals surface area (Å²) in [6.07, 6.45) is 1.85. The number of rotatable bonds is 7. The highest BCUT2D eigenvalue weighted by molar-refractivity contribution is 7.22. The number of fused-ring (bicyclic) bond motifs is 1. The van der Waals surface area contributed by atoms with Gasteiger partial charge in [0.25, 0.3) is 5.91 Å². The number of likely N-dealkylation sites (N-methyl/N-ethyl adjacent to an activating group) is 1. The Bertz CT molecular complexity index is 953. The fraction of sp³-hybridized carbons (Fsp3) is 0.421. The zero-order valence-corrected chi connectivity index (χ0v) is 18.4. The van der Waals surface area contributed by atoms with Crippen molar-refractivity contribution in [2.24, 2.45) is 7.05 Å². The van der Waals surface area contributed by atoms with Crippen LogP contribution in [0.2, 0.25) is 0 Å². The van der Waals surface area contributed by atoms with Gasteiger partial charge in [0.1, 0.15) is 11.3 Å². The molecule has 2 aromatic heterocycles. The Kier molecular flexibility index (Phi) is 7.40. The first kappa shape index (κ1) is 22.1. The second-order valence-corrected chi connectivity index (χ2v) is 7.64. The number of carbonyl (C=O) groups is 1. The Morgan fingerprint density at radius 3 is 2.64 bits per heavy atom. The topological polar surface area (TPSA) is 63.5 Å². The first-order chi connectivity index (χ1) is 12.9. The summed E-state index contributed by atoms with van der Waals surface area (Å²) in [6, 6.07) is 5.86. The van der Waals surface area contributed by atoms with Crippen LogP contribution < -0.4 is 9.64 Å². The van der Waals surface area contributed by atoms with Crippen molar-refractivity contribution in [2.45, 2.75) is 13.8 Å². The Morgan fingerprint density at radius 2 is 2.04 bits per heavy atom. The van der Waals surface area contributed by atoms with E-state index in [2.05, 4.69) is 5.10 Å². The van der Waals surface area contributed by atoms with Crippen molar-refractivity contribution in [3.63, 3.8) is 0 Å². The summed E-state index contributed by atoms with van der Waals surface area (Å²) in [7, 11) is 5.79. The molecule has 0 spiro atoms. The van der Waals surface area contributed by atoms with Gasteiger partial charge in [0.2, 0.25) is 0 Å². The molecule has 0 fully saturated rings. The SMILES string of the molecule is CCOc1cccc2sc(N(CCN(C)C)C(=O)c3nn(C)cc3C)nc12.Cl. The van der Waals surface area contributed by atoms with Crippen molar-refractivity contribution < 1.29 is 9.53 Å². The zero-order chi connectivity index (χ0) is 19.6. The third-order valence-electron chi connectivity index (χ3n) is 4.13. The number of amides is 1. The van der Waals surface area contributed by atoms with E-state index in [0.717, 1.165) is 28.1 Å². The van der Waals surface area contributed by atoms with Crippen LogP contribution in [0.1, 0.15) is 23.0 Å². The zero-order valence-electron chi connectivity index (χ0n) is 16.8. The van der Waals surface area contributed by atoms with Crippen LogP contribution in [-0.4, -0.2) is 59.4 Å². The van der Waals surface area contributed by atoms with Gasteiger partial charge in [0.05, 0.1) is 11.3 Å². The van der Waals surface area contributed by atoms with Gasteiger partial charge >= 0.3 is 0 Å². The van der Waals surface area contributed by atoms with E-state index in [0.29, 0.717) is 24.0 Å². The standard InChI is InChI=1S/C19H25N5O2S.ClH/c1-6-26-14-8-7-9-15-17(14)20-19(27-15)24(11-10-22(3)4)18(25)16-13(2)12-23(5)21-16;/h7-9,12H,6,10-11H2,1-5H3;1H. The normalized spacial score (nSPS) is 10.9. The van der Waals surface area contributed by atoms with Gasteiger partial charge in [-0.2, -0.15) is 5.10 Å². The molecule has 0 bridgehead atoms. The van der Waals surface area contributed by atoms with Crippen LogP contribution in [0.15, 0.2) is 24.4 Å². The number of halogens is 1. The van der Waals surface area contributed by atoms with Crippen LogP contribution in [0.3, 0.4) is 0 Å². The first-order valence-electron chi connectivity index (χ1n) is 8.90. The molecule has 0 N–H and O–H groups in total. The van der Waals surface area contributed by atoms with Crippen LogP contribution >= 0.6 is 23.7 Å². The predicted molar refractivity (Wildman–Crippen MR) is 116 cm³/mol. The minimum absolute atomic E-state index is 0. The Morgan fingerprint density at radius 1 is 1.29 bits per heavy atom. The van der Waals surface area contributed by atoms with Crippen molar-refractivity contribution in [2.75, 3.05) is 38.7 Å². The fourth-order valence-corrected chi connectivity index (χ4v) is 3.84. The first-order valence-corrected chi connectivity index (χ1v) is 9.71. The highest BCUT2D eigenvalue weighted by atomic mass is 35.5. The molecule has 0 saturated heterocycles. The maximum Gasteiger partial charge on any atom is 0.280 e. The highest BCUT2D eigenvalue weighted by Gasteiger charge is 2.25. The largest absolute Gasteiger partial charge is 0.492 e. The average Bonchev–Trinajstić information content (AvgIpc) is 3.18. The summed E-state index contributed by atoms with van der Waals surface area (Å²) in [6.45, 7) is 5.68. The third kappa shape index (κ3) is 4.63. The van der Waals surface area contributed by atoms with Gasteiger partial charge in [0.15, 0.2) is 10.8 Å². The van der Waals surface area contributed by atoms with Gasteiger partial charge in [-0.25, -0.2) is 4.98 Å². The van der Waals surface area contributed by atoms with Gasteiger partial charge in [-0.05, 0) is 40.1 Å². The smallest absolute Gasteiger partial charge is 0.280 e. The number of thiazole rings is 1. The molecule has 7 nitrogen and oxygen atoms in total. The Labute approximate surface area is 175 Å². The van der Waals surface area contributed by atoms with E-state index < -0.39 is 0 Å². The monoisotopic (exact) mass is 423 g/mol. The predicted octanol–water partition coefficient (Wildman–Crippen LogP) is 3.37. The van der Waals surface area contributed by atoms with E-state index in [1.54, 1.807) is 9.58 Å². The highest BCUT2D eigenvalue weighted by Crippen LogP contribution is 2.34. The maximum absolute atomic E-state index is 13.2. The summed E-state index contributed by atoms with van der Waals surface area (Å²) in [5.41, 5.74) is 2.11. The van der Waals surface area contributed by atoms with Crippen molar-refractivity contribution >= 4 is 45.0 Å². The minimum atomic E-state index is -0.132. The number of benzene rings is 1. The number of nitrogens with zero attached hydrogens (tertiary/aromatic N) is 5. The van der Waals surface area contributed by atoms with Crippen LogP contribution in [0.4, 0.5) is 5.13 Å². The Balaban J connectivity index is 0.00000280. The number of anilines is 1. The van der Waals surface area contributed by atoms with E-state index in [-0.39, 0.29) is 18.3 Å². The summed E-state index contributed by atoms with van der Waals surface area (Å²) in [5, 5.41) is 5.01. The molecule has 0 aliphatic heterocycles. The lowest BCUT2D eigenvalue weighted by Crippen LogP contribution is -2.37. The molecule has 0 atom stereocenters. The van der Waals surface area contributed by atoms with Crippen molar-refractivity contribution in [1.29, 1.82) is 0 Å². The molecule has 28 heavy (non-hydrogen) atoms. The number of aryl methyl sites for hydroxylation is 2. The molecule has 3 rings (SSSR count). The van der Waals surface area contributed by atoms with Crippen LogP contribution in [0, 0.1) is 6.92 Å². The molecule has 9 heteroatoms. The lowest BCUT2D eigenvalue weighted by molar-refractivity contribution is 0.0979. The van der Waals surface area contributed by atoms with Gasteiger partial charge in [-0.1, -0.05) is 17.4 Å². The molecular formula is C19H26ClN5O2S. The summed E-state index contributed by atoms with van der Waals surface area (Å²) in [5.74, 6) is 0.610. The maximum atomic E-state index is 13.2. The van der Waals surface area contributed by atoms with Gasteiger partial charge < -0.3 is 9.64 Å². The van der Waals surface area contributed by atoms with E-state index in [1.807, 2.05) is 64.3 Å². The van der Waals surface area contributed by atoms with E-state index in [1.165, 1.54) is 11.3 Å². The van der Waals surface area contributed by atoms with Crippen molar-refractivity contribution in [3.8, 4) is 5.75 Å². The van der Waals surface area contributed by atoms with E-state index in [4.69, 9.17) is 9.72 Å². The lowest BCUT2D eigenvalue weighted by Gasteiger charge is -2.21. The second-order valence-electron chi connectivity index (χ2n) is 6.63. The summed E-state index contributed by atoms with van der Waals surface area (Å²) in [4.78, 5) is 21.7. The molecule has 2 heterocycles. The van der Waals surface area contributed by atoms with Crippen LogP contribution in [0.25, 0.3) is 10.2 Å². The van der Waals surface area contributed by atoms with E-state index in [9.17, 15) is 4.79 Å². The molecule has 0 unspecified atom stereocenters. The number of para-hydroxylation sites is 1. The molecule has 3 aromatic rings. The van der Waals surface area contributed by atoms with Gasteiger partial charge in [-0.15, -0.1) is 12.4 Å². The Hall–Kier alpha value is -2.16. The quantitative estimate of drug-likeness (QED) is 0.583. The summed E-state index contributed by atoms with van der Waals surface area (Å²) >= 11 is 1.49. The number of carbonyl (C=O) groups excluding carboxylic acids is 1. The average molecular weight is 424 g/mol. The molecule has 0 aliphatic carbocycles. The molecule has 152 valence electrons. The third-order valence-corrected chi connectivity index (χ3v) is 5.18. The molecule has 0 saturated carbocycles. The number of hydrogen-bond acceptors (Lipinski definition) is 6. The number of ether oxygens (including phenoxy) is 1. The van der Waals surface area contributed by atoms with Gasteiger partial charge in [-0.3, -0.25) is 14.4 Å². The van der Waals surface area contributed by atoms with E-state index >= 15 is 0 Å². The lowest BCUT2D eigenvalue weighted by atomic mass is 10.2. The number of aromatic nitrogens is 3. The van der Waals surface area contributed by atoms with Gasteiger partial charge in [0, 0.05) is 31.9 Å². The second kappa shape index (κ2) is 9.36. The minimum Gasteiger partial charge on any atom is -0.492 e. The molecule has 1 aromatic carbocycles. The number of hydrogen-bond donors (Lipinski definition) is 0. The van der Waals surface area contributed by atoms with Crippen molar-refractivity contribution in [3.05, 3.63) is 35.7 Å². The van der Waals surface area contributed by atoms with Crippen molar-refractivity contribution in [1.82, 2.24) is 19.7 Å². The van der Waals surface area contributed by atoms with Crippen LogP contribution in [0.5, 0.6) is 5.75 Å². The molecule has 1 amide bonds. The summed E-state index contributed by atoms with van der Waals surface area (Å²) < 4.78 is 8.36. The molecular weight excluding hydrogens is 398 g/mol. The fourth-order valence-electron chi connectivity index (χ4n) is 2.83. The molecule has 0 aliphatic rings. The van der Waals surface area contributed by atoms with Crippen LogP contribution in [-0.2, 0) is 7.05 Å². The molecule has 0 radical (unpaired) electrons.